The van der Waals surface area contributed by atoms with Crippen LogP contribution >= 0.6 is 11.8 Å². The van der Waals surface area contributed by atoms with Crippen LogP contribution in [-0.4, -0.2) is 44.5 Å². The average molecular weight is 622 g/mol. The summed E-state index contributed by atoms with van der Waals surface area (Å²) in [7, 11) is 0. The molecule has 1 amide bonds. The van der Waals surface area contributed by atoms with E-state index in [2.05, 4.69) is 64.5 Å². The third kappa shape index (κ3) is 7.88. The van der Waals surface area contributed by atoms with Crippen molar-refractivity contribution >= 4 is 28.5 Å². The van der Waals surface area contributed by atoms with Crippen molar-refractivity contribution in [1.82, 2.24) is 14.8 Å². The number of carbonyl (C=O) groups is 1. The van der Waals surface area contributed by atoms with E-state index in [9.17, 15) is 18.0 Å². The fraction of sp³-hybridized carbons (Fsp3) is 0.333. The maximum absolute atomic E-state index is 12.9. The summed E-state index contributed by atoms with van der Waals surface area (Å²) in [4.78, 5) is 24.0. The fourth-order valence-corrected chi connectivity index (χ4v) is 6.37. The number of hydrogen-bond acceptors (Lipinski definition) is 5. The van der Waals surface area contributed by atoms with E-state index in [4.69, 9.17) is 0 Å². The summed E-state index contributed by atoms with van der Waals surface area (Å²) in [6.07, 6.45) is -1.16. The van der Waals surface area contributed by atoms with Gasteiger partial charge in [0, 0.05) is 30.0 Å². The highest BCUT2D eigenvalue weighted by Crippen LogP contribution is 2.32. The van der Waals surface area contributed by atoms with E-state index in [1.807, 2.05) is 24.3 Å². The first-order valence-corrected chi connectivity index (χ1v) is 15.4. The topological polar surface area (TPSA) is 72.6 Å². The minimum Gasteiger partial charge on any atom is -0.406 e. The number of ether oxygens (including phenoxy) is 1. The lowest BCUT2D eigenvalue weighted by Gasteiger charge is -2.23. The van der Waals surface area contributed by atoms with Gasteiger partial charge in [0.05, 0.1) is 5.69 Å². The van der Waals surface area contributed by atoms with Gasteiger partial charge < -0.3 is 9.64 Å². The van der Waals surface area contributed by atoms with Crippen molar-refractivity contribution in [2.24, 2.45) is 10.9 Å². The van der Waals surface area contributed by atoms with Crippen molar-refractivity contribution in [3.05, 3.63) is 89.2 Å². The highest BCUT2D eigenvalue weighted by Gasteiger charge is 2.31. The summed E-state index contributed by atoms with van der Waals surface area (Å²) in [5, 5.41) is 5.25. The molecule has 1 aromatic heterocycles. The van der Waals surface area contributed by atoms with Crippen LogP contribution in [0.25, 0.3) is 17.1 Å². The molecule has 1 aliphatic heterocycles. The van der Waals surface area contributed by atoms with Crippen molar-refractivity contribution < 1.29 is 22.7 Å². The van der Waals surface area contributed by atoms with Crippen LogP contribution in [0.2, 0.25) is 0 Å². The molecule has 2 heterocycles. The number of alkyl halides is 3. The molecule has 0 bridgehead atoms. The second-order valence-corrected chi connectivity index (χ2v) is 12.2. The molecule has 7 nitrogen and oxygen atoms in total. The largest absolute Gasteiger partial charge is 0.573 e. The number of halogens is 3. The first-order valence-electron chi connectivity index (χ1n) is 14.4. The standard InChI is InChI=1S/C33H34F3N5O2S/c1-21(19-29(42)38-32-40(15-16-44-32)30-23(3)17-22(2)18-24(30)4)5-6-25-7-9-26(10-8-25)31-37-20-41(39-31)27-11-13-28(14-12-27)43-33(34,35)36/h7-14,17-18,20-21H,5-6,15-16,19H2,1-4H3. The first kappa shape index (κ1) is 31.3. The quantitative estimate of drug-likeness (QED) is 0.190. The molecule has 230 valence electrons. The normalized spacial score (nSPS) is 15.2. The van der Waals surface area contributed by atoms with Crippen LogP contribution in [0, 0.1) is 26.7 Å². The van der Waals surface area contributed by atoms with Gasteiger partial charge in [-0.25, -0.2) is 9.67 Å². The van der Waals surface area contributed by atoms with Crippen LogP contribution in [0.5, 0.6) is 5.75 Å². The van der Waals surface area contributed by atoms with Gasteiger partial charge in [0.2, 0.25) is 5.91 Å². The van der Waals surface area contributed by atoms with E-state index in [1.54, 1.807) is 11.8 Å². The summed E-state index contributed by atoms with van der Waals surface area (Å²) < 4.78 is 42.6. The van der Waals surface area contributed by atoms with Crippen LogP contribution in [0.4, 0.5) is 18.9 Å². The molecule has 4 aromatic rings. The number of carbonyl (C=O) groups excluding carboxylic acids is 1. The Hall–Kier alpha value is -4.12. The molecule has 1 saturated heterocycles. The minimum absolute atomic E-state index is 0.0890. The Labute approximate surface area is 259 Å². The molecule has 0 spiro atoms. The summed E-state index contributed by atoms with van der Waals surface area (Å²) in [5.74, 6) is 1.20. The highest BCUT2D eigenvalue weighted by atomic mass is 32.2. The van der Waals surface area contributed by atoms with Gasteiger partial charge in [-0.1, -0.05) is 60.6 Å². The Morgan fingerprint density at radius 1 is 1.05 bits per heavy atom. The smallest absolute Gasteiger partial charge is 0.406 e. The van der Waals surface area contributed by atoms with Crippen LogP contribution in [0.3, 0.4) is 0 Å². The molecule has 0 N–H and O–H groups in total. The van der Waals surface area contributed by atoms with E-state index in [-0.39, 0.29) is 17.6 Å². The number of thioether (sulfide) groups is 1. The maximum atomic E-state index is 12.9. The molecular weight excluding hydrogens is 587 g/mol. The summed E-state index contributed by atoms with van der Waals surface area (Å²) >= 11 is 1.64. The molecule has 0 aliphatic carbocycles. The predicted molar refractivity (Wildman–Crippen MR) is 168 cm³/mol. The second-order valence-electron chi connectivity index (χ2n) is 11.1. The van der Waals surface area contributed by atoms with Crippen LogP contribution < -0.4 is 9.64 Å². The SMILES string of the molecule is Cc1cc(C)c(N2CCSC2=NC(=O)CC(C)CCc2ccc(-c3ncn(-c4ccc(OC(F)(F)F)cc4)n3)cc2)c(C)c1. The molecule has 0 saturated carbocycles. The first-order chi connectivity index (χ1) is 20.9. The fourth-order valence-electron chi connectivity index (χ4n) is 5.41. The van der Waals surface area contributed by atoms with Gasteiger partial charge >= 0.3 is 6.36 Å². The van der Waals surface area contributed by atoms with E-state index in [0.717, 1.165) is 47.1 Å². The van der Waals surface area contributed by atoms with E-state index >= 15 is 0 Å². The lowest BCUT2D eigenvalue weighted by Crippen LogP contribution is -2.26. The van der Waals surface area contributed by atoms with Gasteiger partial charge in [-0.2, -0.15) is 4.99 Å². The highest BCUT2D eigenvalue weighted by molar-refractivity contribution is 8.14. The molecule has 0 radical (unpaired) electrons. The van der Waals surface area contributed by atoms with Gasteiger partial charge in [-0.3, -0.25) is 4.79 Å². The molecule has 44 heavy (non-hydrogen) atoms. The van der Waals surface area contributed by atoms with E-state index in [1.165, 1.54) is 52.0 Å². The lowest BCUT2D eigenvalue weighted by atomic mass is 9.97. The lowest BCUT2D eigenvalue weighted by molar-refractivity contribution is -0.274. The van der Waals surface area contributed by atoms with Crippen molar-refractivity contribution in [1.29, 1.82) is 0 Å². The number of nitrogens with zero attached hydrogens (tertiary/aromatic N) is 5. The van der Waals surface area contributed by atoms with Gasteiger partial charge in [0.25, 0.3) is 0 Å². The third-order valence-electron chi connectivity index (χ3n) is 7.39. The van der Waals surface area contributed by atoms with Crippen LogP contribution in [0.1, 0.15) is 42.0 Å². The number of rotatable bonds is 9. The number of amides is 1. The molecule has 5 rings (SSSR count). The summed E-state index contributed by atoms with van der Waals surface area (Å²) in [6.45, 7) is 9.24. The number of aliphatic imine (C=N–C) groups is 1. The molecule has 11 heteroatoms. The monoisotopic (exact) mass is 621 g/mol. The number of anilines is 1. The number of benzene rings is 3. The molecule has 1 aliphatic rings. The van der Waals surface area contributed by atoms with Crippen molar-refractivity contribution in [3.8, 4) is 22.8 Å². The van der Waals surface area contributed by atoms with Crippen molar-refractivity contribution in [2.45, 2.75) is 53.3 Å². The number of aromatic nitrogens is 3. The minimum atomic E-state index is -4.74. The van der Waals surface area contributed by atoms with Crippen LogP contribution in [-0.2, 0) is 11.2 Å². The van der Waals surface area contributed by atoms with Gasteiger partial charge in [0.1, 0.15) is 12.1 Å². The van der Waals surface area contributed by atoms with Gasteiger partial charge in [-0.15, -0.1) is 18.3 Å². The molecule has 3 aromatic carbocycles. The predicted octanol–water partition coefficient (Wildman–Crippen LogP) is 7.85. The Kier molecular flexibility index (Phi) is 9.43. The maximum Gasteiger partial charge on any atom is 0.573 e. The Morgan fingerprint density at radius 3 is 2.39 bits per heavy atom. The summed E-state index contributed by atoms with van der Waals surface area (Å²) in [6, 6.07) is 17.7. The van der Waals surface area contributed by atoms with Crippen LogP contribution in [0.15, 0.2) is 72.0 Å². The molecule has 1 unspecified atom stereocenters. The van der Waals surface area contributed by atoms with Gasteiger partial charge in [0.15, 0.2) is 11.0 Å². The zero-order chi connectivity index (χ0) is 31.4. The third-order valence-corrected chi connectivity index (χ3v) is 8.35. The van der Waals surface area contributed by atoms with E-state index < -0.39 is 6.36 Å². The number of amidine groups is 1. The zero-order valence-electron chi connectivity index (χ0n) is 25.1. The molecule has 1 atom stereocenters. The second kappa shape index (κ2) is 13.3. The Balaban J connectivity index is 1.14. The number of aryl methyl sites for hydroxylation is 4. The average Bonchev–Trinajstić information content (AvgIpc) is 3.62. The molecule has 1 fully saturated rings. The Morgan fingerprint density at radius 2 is 1.73 bits per heavy atom. The van der Waals surface area contributed by atoms with Crippen molar-refractivity contribution in [2.75, 3.05) is 17.2 Å². The Bertz CT molecular complexity index is 1630. The number of hydrogen-bond donors (Lipinski definition) is 0. The van der Waals surface area contributed by atoms with Gasteiger partial charge in [-0.05, 0) is 80.5 Å². The zero-order valence-corrected chi connectivity index (χ0v) is 25.9. The van der Waals surface area contributed by atoms with Crippen molar-refractivity contribution in [3.63, 3.8) is 0 Å². The summed E-state index contributed by atoms with van der Waals surface area (Å²) in [5.41, 5.74) is 7.29. The van der Waals surface area contributed by atoms with E-state index in [0.29, 0.717) is 17.9 Å². The molecular formula is C33H34F3N5O2S.